The zero-order chi connectivity index (χ0) is 22.9. The Morgan fingerprint density at radius 3 is 2.85 bits per heavy atom. The van der Waals surface area contributed by atoms with Crippen LogP contribution in [0.1, 0.15) is 35.6 Å². The Hall–Kier alpha value is -3.89. The quantitative estimate of drug-likeness (QED) is 0.452. The standard InChI is InChI=1S/C27H25N5O2/c28-17-19-4-7-24-20(14-19)2-1-3-26(24)34-23-6-5-21-18-30-32(25(21)16-23)22-8-9-29-27(15-22)31-10-12-33-13-11-31/h4-9,14-16,18,26H,1-3,10-13H2. The number of ether oxygens (including phenoxy) is 2. The molecule has 1 atom stereocenters. The number of benzene rings is 2. The number of morpholine rings is 1. The Balaban J connectivity index is 1.31. The highest BCUT2D eigenvalue weighted by Crippen LogP contribution is 2.35. The maximum absolute atomic E-state index is 9.23. The first-order valence-corrected chi connectivity index (χ1v) is 11.7. The van der Waals surface area contributed by atoms with E-state index in [9.17, 15) is 5.26 Å². The van der Waals surface area contributed by atoms with Gasteiger partial charge in [-0.2, -0.15) is 10.4 Å². The topological polar surface area (TPSA) is 76.2 Å². The van der Waals surface area contributed by atoms with Crippen LogP contribution < -0.4 is 9.64 Å². The van der Waals surface area contributed by atoms with Crippen molar-refractivity contribution in [2.24, 2.45) is 0 Å². The van der Waals surface area contributed by atoms with Gasteiger partial charge in [-0.3, -0.25) is 0 Å². The van der Waals surface area contributed by atoms with Gasteiger partial charge in [0.05, 0.1) is 42.2 Å². The number of fused-ring (bicyclic) bond motifs is 2. The van der Waals surface area contributed by atoms with E-state index in [0.717, 1.165) is 73.7 Å². The number of hydrogen-bond acceptors (Lipinski definition) is 6. The molecule has 2 aromatic carbocycles. The molecular formula is C27H25N5O2. The van der Waals surface area contributed by atoms with Gasteiger partial charge in [0.1, 0.15) is 17.7 Å². The minimum absolute atomic E-state index is 0.0147. The number of pyridine rings is 1. The molecular weight excluding hydrogens is 426 g/mol. The van der Waals surface area contributed by atoms with Gasteiger partial charge in [0, 0.05) is 36.8 Å². The van der Waals surface area contributed by atoms with Crippen molar-refractivity contribution in [3.63, 3.8) is 0 Å². The van der Waals surface area contributed by atoms with Gasteiger partial charge < -0.3 is 14.4 Å². The maximum atomic E-state index is 9.23. The van der Waals surface area contributed by atoms with Crippen LogP contribution >= 0.6 is 0 Å². The Bertz CT molecular complexity index is 1380. The molecule has 2 aliphatic rings. The summed E-state index contributed by atoms with van der Waals surface area (Å²) in [7, 11) is 0. The second-order valence-electron chi connectivity index (χ2n) is 8.77. The number of anilines is 1. The Morgan fingerprint density at radius 1 is 1.06 bits per heavy atom. The second-order valence-corrected chi connectivity index (χ2v) is 8.77. The second kappa shape index (κ2) is 8.81. The van der Waals surface area contributed by atoms with Gasteiger partial charge in [-0.15, -0.1) is 0 Å². The van der Waals surface area contributed by atoms with Crippen LogP contribution in [0.25, 0.3) is 16.6 Å². The van der Waals surface area contributed by atoms with Gasteiger partial charge in [0.2, 0.25) is 0 Å². The zero-order valence-electron chi connectivity index (χ0n) is 18.9. The fraction of sp³-hybridized carbons (Fsp3) is 0.296. The van der Waals surface area contributed by atoms with Crippen LogP contribution in [0.15, 0.2) is 60.9 Å². The van der Waals surface area contributed by atoms with Crippen LogP contribution in [0, 0.1) is 11.3 Å². The van der Waals surface area contributed by atoms with E-state index in [1.807, 2.05) is 47.4 Å². The molecule has 0 amide bonds. The van der Waals surface area contributed by atoms with Crippen LogP contribution in [-0.2, 0) is 11.2 Å². The molecule has 1 saturated heterocycles. The smallest absolute Gasteiger partial charge is 0.130 e. The summed E-state index contributed by atoms with van der Waals surface area (Å²) in [5, 5.41) is 14.9. The lowest BCUT2D eigenvalue weighted by molar-refractivity contribution is 0.122. The van der Waals surface area contributed by atoms with Crippen LogP contribution in [0.5, 0.6) is 5.75 Å². The number of nitrogens with zero attached hydrogens (tertiary/aromatic N) is 5. The molecule has 2 aromatic heterocycles. The van der Waals surface area contributed by atoms with Crippen LogP contribution in [0.4, 0.5) is 5.82 Å². The predicted octanol–water partition coefficient (Wildman–Crippen LogP) is 4.59. The highest BCUT2D eigenvalue weighted by Gasteiger charge is 2.22. The molecule has 7 heteroatoms. The summed E-state index contributed by atoms with van der Waals surface area (Å²) < 4.78 is 13.9. The molecule has 6 rings (SSSR count). The van der Waals surface area contributed by atoms with Crippen molar-refractivity contribution >= 4 is 16.7 Å². The monoisotopic (exact) mass is 451 g/mol. The Labute approximate surface area is 198 Å². The van der Waals surface area contributed by atoms with Crippen molar-refractivity contribution < 1.29 is 9.47 Å². The van der Waals surface area contributed by atoms with E-state index in [0.29, 0.717) is 5.56 Å². The largest absolute Gasteiger partial charge is 0.486 e. The van der Waals surface area contributed by atoms with Crippen molar-refractivity contribution in [2.75, 3.05) is 31.2 Å². The average molecular weight is 452 g/mol. The summed E-state index contributed by atoms with van der Waals surface area (Å²) in [5.74, 6) is 1.76. The van der Waals surface area contributed by atoms with Gasteiger partial charge in [-0.25, -0.2) is 9.67 Å². The molecule has 4 aromatic rings. The van der Waals surface area contributed by atoms with Crippen molar-refractivity contribution in [3.05, 3.63) is 77.6 Å². The molecule has 0 radical (unpaired) electrons. The minimum Gasteiger partial charge on any atom is -0.486 e. The van der Waals surface area contributed by atoms with Crippen LogP contribution in [0.3, 0.4) is 0 Å². The van der Waals surface area contributed by atoms with Gasteiger partial charge in [-0.05, 0) is 60.7 Å². The molecule has 3 heterocycles. The first kappa shape index (κ1) is 20.7. The normalized spacial score (nSPS) is 17.9. The molecule has 1 aliphatic carbocycles. The molecule has 1 unspecified atom stereocenters. The number of rotatable bonds is 4. The number of hydrogen-bond donors (Lipinski definition) is 0. The molecule has 0 saturated carbocycles. The van der Waals surface area contributed by atoms with E-state index in [1.165, 1.54) is 11.1 Å². The molecule has 34 heavy (non-hydrogen) atoms. The first-order valence-electron chi connectivity index (χ1n) is 11.7. The van der Waals surface area contributed by atoms with E-state index in [4.69, 9.17) is 9.47 Å². The lowest BCUT2D eigenvalue weighted by Crippen LogP contribution is -2.36. The average Bonchev–Trinajstić information content (AvgIpc) is 3.32. The summed E-state index contributed by atoms with van der Waals surface area (Å²) in [6.45, 7) is 3.12. The third-order valence-electron chi connectivity index (χ3n) is 6.66. The molecule has 0 N–H and O–H groups in total. The lowest BCUT2D eigenvalue weighted by atomic mass is 9.88. The number of nitriles is 1. The molecule has 1 aliphatic heterocycles. The lowest BCUT2D eigenvalue weighted by Gasteiger charge is -2.28. The Kier molecular flexibility index (Phi) is 5.36. The van der Waals surface area contributed by atoms with Crippen LogP contribution in [-0.4, -0.2) is 41.1 Å². The van der Waals surface area contributed by atoms with Crippen LogP contribution in [0.2, 0.25) is 0 Å². The van der Waals surface area contributed by atoms with E-state index >= 15 is 0 Å². The van der Waals surface area contributed by atoms with Gasteiger partial charge >= 0.3 is 0 Å². The minimum atomic E-state index is -0.0147. The predicted molar refractivity (Wildman–Crippen MR) is 129 cm³/mol. The maximum Gasteiger partial charge on any atom is 0.130 e. The summed E-state index contributed by atoms with van der Waals surface area (Å²) in [6, 6.07) is 18.4. The summed E-state index contributed by atoms with van der Waals surface area (Å²) in [6.07, 6.45) is 6.70. The molecule has 0 bridgehead atoms. The number of aryl methyl sites for hydroxylation is 1. The van der Waals surface area contributed by atoms with Crippen molar-refractivity contribution in [1.82, 2.24) is 14.8 Å². The van der Waals surface area contributed by atoms with E-state index < -0.39 is 0 Å². The fourth-order valence-corrected chi connectivity index (χ4v) is 4.91. The SMILES string of the molecule is N#Cc1ccc2c(c1)CCCC2Oc1ccc2cnn(-c3ccnc(N4CCOCC4)c3)c2c1. The summed E-state index contributed by atoms with van der Waals surface area (Å²) in [5.41, 5.74) is 5.07. The Morgan fingerprint density at radius 2 is 1.97 bits per heavy atom. The van der Waals surface area contributed by atoms with Crippen molar-refractivity contribution in [2.45, 2.75) is 25.4 Å². The summed E-state index contributed by atoms with van der Waals surface area (Å²) >= 11 is 0. The third kappa shape index (κ3) is 3.87. The van der Waals surface area contributed by atoms with Gasteiger partial charge in [-0.1, -0.05) is 6.07 Å². The highest BCUT2D eigenvalue weighted by molar-refractivity contribution is 5.82. The molecule has 7 nitrogen and oxygen atoms in total. The van der Waals surface area contributed by atoms with E-state index in [-0.39, 0.29) is 6.10 Å². The zero-order valence-corrected chi connectivity index (χ0v) is 18.9. The summed E-state index contributed by atoms with van der Waals surface area (Å²) in [4.78, 5) is 6.81. The van der Waals surface area contributed by atoms with Gasteiger partial charge in [0.15, 0.2) is 0 Å². The highest BCUT2D eigenvalue weighted by atomic mass is 16.5. The van der Waals surface area contributed by atoms with Crippen molar-refractivity contribution in [1.29, 1.82) is 5.26 Å². The molecule has 1 fully saturated rings. The molecule has 0 spiro atoms. The first-order chi connectivity index (χ1) is 16.8. The fourth-order valence-electron chi connectivity index (χ4n) is 4.91. The molecule has 170 valence electrons. The third-order valence-corrected chi connectivity index (χ3v) is 6.66. The number of aromatic nitrogens is 3. The van der Waals surface area contributed by atoms with E-state index in [1.54, 1.807) is 0 Å². The van der Waals surface area contributed by atoms with E-state index in [2.05, 4.69) is 39.3 Å². The van der Waals surface area contributed by atoms with Gasteiger partial charge in [0.25, 0.3) is 0 Å². The van der Waals surface area contributed by atoms with Crippen molar-refractivity contribution in [3.8, 4) is 17.5 Å².